The number of halogens is 2. The maximum Gasteiger partial charge on any atom is 0.258 e. The third-order valence-corrected chi connectivity index (χ3v) is 4.94. The van der Waals surface area contributed by atoms with Gasteiger partial charge < -0.3 is 20.3 Å². The molecule has 0 fully saturated rings. The Balaban J connectivity index is 2.12. The third-order valence-electron chi connectivity index (χ3n) is 4.26. The summed E-state index contributed by atoms with van der Waals surface area (Å²) in [6.45, 7) is 5.37. The molecule has 5 nitrogen and oxygen atoms in total. The van der Waals surface area contributed by atoms with Crippen molar-refractivity contribution in [1.82, 2.24) is 5.32 Å². The lowest BCUT2D eigenvalue weighted by atomic mass is 9.96. The molecule has 2 rings (SSSR count). The summed E-state index contributed by atoms with van der Waals surface area (Å²) in [6.07, 6.45) is 0.506. The molecule has 0 aliphatic rings. The van der Waals surface area contributed by atoms with Gasteiger partial charge in [-0.05, 0) is 47.7 Å². The molecule has 1 atom stereocenters. The first-order chi connectivity index (χ1) is 13.2. The molecule has 0 saturated carbocycles. The van der Waals surface area contributed by atoms with Crippen LogP contribution in [0.4, 0.5) is 0 Å². The Kier molecular flexibility index (Phi) is 7.98. The number of aromatic hydroxyl groups is 1. The fraction of sp³-hybridized carbons (Fsp3) is 0.381. The van der Waals surface area contributed by atoms with Gasteiger partial charge in [-0.15, -0.1) is 0 Å². The highest BCUT2D eigenvalue weighted by Gasteiger charge is 2.14. The molecule has 28 heavy (non-hydrogen) atoms. The molecule has 152 valence electrons. The Hall–Kier alpha value is -1.95. The second kappa shape index (κ2) is 10.0. The molecule has 0 unspecified atom stereocenters. The highest BCUT2D eigenvalue weighted by atomic mass is 35.5. The summed E-state index contributed by atoms with van der Waals surface area (Å²) in [6, 6.07) is 8.36. The highest BCUT2D eigenvalue weighted by molar-refractivity contribution is 6.36. The van der Waals surface area contributed by atoms with Crippen LogP contribution in [0.15, 0.2) is 30.3 Å². The molecule has 0 spiro atoms. The van der Waals surface area contributed by atoms with Crippen LogP contribution in [0.2, 0.25) is 10.0 Å². The van der Waals surface area contributed by atoms with Gasteiger partial charge in [0.25, 0.3) is 5.91 Å². The quantitative estimate of drug-likeness (QED) is 0.589. The van der Waals surface area contributed by atoms with Gasteiger partial charge in [0.2, 0.25) is 0 Å². The predicted molar refractivity (Wildman–Crippen MR) is 112 cm³/mol. The Morgan fingerprint density at radius 2 is 1.79 bits per heavy atom. The average molecular weight is 426 g/mol. The first kappa shape index (κ1) is 22.3. The molecule has 3 N–H and O–H groups in total. The van der Waals surface area contributed by atoms with Gasteiger partial charge in [-0.1, -0.05) is 49.2 Å². The third kappa shape index (κ3) is 6.03. The minimum atomic E-state index is -0.344. The second-order valence-electron chi connectivity index (χ2n) is 7.03. The molecule has 1 amide bonds. The first-order valence-electron chi connectivity index (χ1n) is 9.04. The summed E-state index contributed by atoms with van der Waals surface area (Å²) in [5, 5.41) is 22.4. The van der Waals surface area contributed by atoms with Gasteiger partial charge in [-0.2, -0.15) is 0 Å². The molecular weight excluding hydrogens is 401 g/mol. The number of phenols is 1. The molecule has 0 aliphatic heterocycles. The largest absolute Gasteiger partial charge is 0.508 e. The predicted octanol–water partition coefficient (Wildman–Crippen LogP) is 4.29. The van der Waals surface area contributed by atoms with E-state index in [1.807, 2.05) is 26.0 Å². The molecule has 2 aromatic carbocycles. The number of aliphatic hydroxyl groups excluding tert-OH is 1. The van der Waals surface area contributed by atoms with E-state index in [1.165, 1.54) is 0 Å². The number of hydrogen-bond donors (Lipinski definition) is 3. The maximum atomic E-state index is 11.7. The lowest BCUT2D eigenvalue weighted by Crippen LogP contribution is -2.38. The number of carbonyl (C=O) groups is 1. The zero-order valence-electron chi connectivity index (χ0n) is 16.1. The number of rotatable bonds is 8. The minimum absolute atomic E-state index is 0.145. The van der Waals surface area contributed by atoms with E-state index in [0.29, 0.717) is 22.2 Å². The first-order valence-corrected chi connectivity index (χ1v) is 9.79. The molecule has 0 bridgehead atoms. The van der Waals surface area contributed by atoms with Crippen molar-refractivity contribution in [3.05, 3.63) is 57.1 Å². The van der Waals surface area contributed by atoms with Crippen molar-refractivity contribution in [2.75, 3.05) is 13.2 Å². The molecule has 0 aliphatic carbocycles. The number of carbonyl (C=O) groups excluding carboxylic acids is 1. The van der Waals surface area contributed by atoms with Gasteiger partial charge in [0, 0.05) is 22.5 Å². The molecule has 0 saturated heterocycles. The molecule has 0 heterocycles. The number of ether oxygens (including phenoxy) is 1. The van der Waals surface area contributed by atoms with E-state index in [4.69, 9.17) is 33.0 Å². The Morgan fingerprint density at radius 1 is 1.14 bits per heavy atom. The zero-order valence-corrected chi connectivity index (χ0v) is 17.6. The highest BCUT2D eigenvalue weighted by Crippen LogP contribution is 2.33. The average Bonchev–Trinajstić information content (AvgIpc) is 2.63. The van der Waals surface area contributed by atoms with Crippen molar-refractivity contribution in [2.45, 2.75) is 39.2 Å². The summed E-state index contributed by atoms with van der Waals surface area (Å²) < 4.78 is 5.45. The molecular formula is C21H25Cl2NO4. The van der Waals surface area contributed by atoms with Crippen LogP contribution < -0.4 is 10.1 Å². The molecule has 2 aromatic rings. The number of nitrogens with one attached hydrogen (secondary N) is 1. The van der Waals surface area contributed by atoms with Gasteiger partial charge >= 0.3 is 0 Å². The molecule has 0 aromatic heterocycles. The van der Waals surface area contributed by atoms with Gasteiger partial charge in [-0.25, -0.2) is 0 Å². The number of hydrogen-bond acceptors (Lipinski definition) is 4. The van der Waals surface area contributed by atoms with E-state index >= 15 is 0 Å². The van der Waals surface area contributed by atoms with Crippen molar-refractivity contribution < 1.29 is 19.7 Å². The van der Waals surface area contributed by atoms with Crippen molar-refractivity contribution in [3.8, 4) is 11.5 Å². The van der Waals surface area contributed by atoms with Crippen LogP contribution >= 0.6 is 23.2 Å². The minimum Gasteiger partial charge on any atom is -0.508 e. The van der Waals surface area contributed by atoms with Crippen LogP contribution in [0.25, 0.3) is 0 Å². The van der Waals surface area contributed by atoms with Gasteiger partial charge in [0.05, 0.1) is 6.61 Å². The van der Waals surface area contributed by atoms with Crippen molar-refractivity contribution >= 4 is 29.1 Å². The number of amides is 1. The number of aliphatic hydroxyl groups is 1. The number of benzene rings is 2. The lowest BCUT2D eigenvalue weighted by molar-refractivity contribution is -0.124. The summed E-state index contributed by atoms with van der Waals surface area (Å²) in [5.74, 6) is 0.511. The topological polar surface area (TPSA) is 78.8 Å². The van der Waals surface area contributed by atoms with E-state index in [9.17, 15) is 9.90 Å². The maximum absolute atomic E-state index is 11.7. The van der Waals surface area contributed by atoms with Crippen LogP contribution in [0.1, 0.15) is 43.4 Å². The van der Waals surface area contributed by atoms with Crippen LogP contribution in [-0.2, 0) is 11.2 Å². The molecule has 0 radical (unpaired) electrons. The van der Waals surface area contributed by atoms with E-state index in [2.05, 4.69) is 5.32 Å². The van der Waals surface area contributed by atoms with Gasteiger partial charge in [-0.3, -0.25) is 4.79 Å². The van der Waals surface area contributed by atoms with Gasteiger partial charge in [0.1, 0.15) is 11.5 Å². The smallest absolute Gasteiger partial charge is 0.258 e. The fourth-order valence-electron chi connectivity index (χ4n) is 2.72. The van der Waals surface area contributed by atoms with E-state index in [1.54, 1.807) is 25.1 Å². The van der Waals surface area contributed by atoms with Gasteiger partial charge in [0.15, 0.2) is 6.61 Å². The Labute approximate surface area is 175 Å². The molecule has 7 heteroatoms. The van der Waals surface area contributed by atoms with E-state index in [0.717, 1.165) is 16.7 Å². The van der Waals surface area contributed by atoms with Crippen molar-refractivity contribution in [3.63, 3.8) is 0 Å². The lowest BCUT2D eigenvalue weighted by Gasteiger charge is -2.14. The second-order valence-corrected chi connectivity index (χ2v) is 7.84. The Morgan fingerprint density at radius 3 is 2.36 bits per heavy atom. The number of phenolic OH excluding ortho intramolecular Hbond substituents is 1. The SMILES string of the molecule is CC(C)c1cc(Cc2c(Cl)cc(OCC(=O)N[C@@H](C)CO)cc2Cl)ccc1O. The zero-order chi connectivity index (χ0) is 20.8. The van der Waals surface area contributed by atoms with Crippen LogP contribution in [0.3, 0.4) is 0 Å². The van der Waals surface area contributed by atoms with Crippen molar-refractivity contribution in [1.29, 1.82) is 0 Å². The fourth-order valence-corrected chi connectivity index (χ4v) is 3.32. The summed E-state index contributed by atoms with van der Waals surface area (Å²) in [5.41, 5.74) is 2.60. The Bertz CT molecular complexity index is 816. The van der Waals surface area contributed by atoms with Crippen molar-refractivity contribution in [2.24, 2.45) is 0 Å². The van der Waals surface area contributed by atoms with Crippen LogP contribution in [0, 0.1) is 0 Å². The standard InChI is InChI=1S/C21H25Cl2NO4/c1-12(2)16-6-14(4-5-20(16)26)7-17-18(22)8-15(9-19(17)23)28-11-21(27)24-13(3)10-25/h4-6,8-9,12-13,25-26H,7,10-11H2,1-3H3,(H,24,27)/t13-/m0/s1. The monoisotopic (exact) mass is 425 g/mol. The summed E-state index contributed by atoms with van der Waals surface area (Å²) in [4.78, 5) is 11.7. The van der Waals surface area contributed by atoms with Crippen LogP contribution in [-0.4, -0.2) is 35.4 Å². The van der Waals surface area contributed by atoms with E-state index < -0.39 is 0 Å². The summed E-state index contributed by atoms with van der Waals surface area (Å²) >= 11 is 12.8. The van der Waals surface area contributed by atoms with E-state index in [-0.39, 0.29) is 36.8 Å². The van der Waals surface area contributed by atoms with Crippen LogP contribution in [0.5, 0.6) is 11.5 Å². The normalized spacial score (nSPS) is 12.1. The summed E-state index contributed by atoms with van der Waals surface area (Å²) in [7, 11) is 0.